The molecular weight excluding hydrogens is 214 g/mol. The van der Waals surface area contributed by atoms with E-state index in [1.54, 1.807) is 0 Å². The van der Waals surface area contributed by atoms with Gasteiger partial charge in [-0.2, -0.15) is 0 Å². The molecule has 0 saturated carbocycles. The van der Waals surface area contributed by atoms with Gasteiger partial charge in [0.2, 0.25) is 0 Å². The van der Waals surface area contributed by atoms with E-state index < -0.39 is 18.2 Å². The van der Waals surface area contributed by atoms with Crippen LogP contribution in [0.25, 0.3) is 0 Å². The Balaban J connectivity index is 3.09. The summed E-state index contributed by atoms with van der Waals surface area (Å²) in [7, 11) is 0. The predicted octanol–water partition coefficient (Wildman–Crippen LogP) is 1.60. The van der Waals surface area contributed by atoms with Crippen molar-refractivity contribution < 1.29 is 8.78 Å². The minimum Gasteiger partial charge on any atom is -0.296 e. The Morgan fingerprint density at radius 2 is 2.00 bits per heavy atom. The molecule has 1 aromatic rings. The largest absolute Gasteiger partial charge is 0.511 e. The zero-order chi connectivity index (χ0) is 7.56. The van der Waals surface area contributed by atoms with Gasteiger partial charge in [0.25, 0.3) is 0 Å². The smallest absolute Gasteiger partial charge is 0.296 e. The first kappa shape index (κ1) is 8.42. The second kappa shape index (κ2) is 3.64. The van der Waals surface area contributed by atoms with E-state index in [4.69, 9.17) is 0 Å². The quantitative estimate of drug-likeness (QED) is 0.627. The molecule has 0 aliphatic heterocycles. The Kier molecular flexibility index (Phi) is 3.07. The van der Waals surface area contributed by atoms with Gasteiger partial charge >= 0.3 is 18.2 Å². The van der Waals surface area contributed by atoms with E-state index in [9.17, 15) is 8.78 Å². The summed E-state index contributed by atoms with van der Waals surface area (Å²) in [4.78, 5) is 0. The molecule has 0 bridgehead atoms. The highest BCUT2D eigenvalue weighted by Gasteiger charge is 2.03. The summed E-state index contributed by atoms with van der Waals surface area (Å²) in [5.74, 6) is -0.687. The summed E-state index contributed by atoms with van der Waals surface area (Å²) in [6.07, 6.45) is 0. The van der Waals surface area contributed by atoms with Crippen LogP contribution >= 0.6 is 12.9 Å². The zero-order valence-electron chi connectivity index (χ0n) is 5.07. The van der Waals surface area contributed by atoms with Gasteiger partial charge in [0.15, 0.2) is 0 Å². The van der Waals surface area contributed by atoms with Crippen molar-refractivity contribution in [2.45, 2.75) is 0 Å². The fourth-order valence-electron chi connectivity index (χ4n) is 0.646. The van der Waals surface area contributed by atoms with Crippen LogP contribution in [0.5, 0.6) is 0 Å². The first-order chi connectivity index (χ1) is 4.74. The molecule has 0 radical (unpaired) electrons. The molecule has 0 heterocycles. The second-order valence-corrected chi connectivity index (χ2v) is 4.58. The molecule has 0 saturated heterocycles. The molecule has 0 atom stereocenters. The van der Waals surface area contributed by atoms with Gasteiger partial charge in [-0.25, -0.2) is 8.78 Å². The molecule has 0 nitrogen and oxygen atoms in total. The maximum atomic E-state index is 12.6. The van der Waals surface area contributed by atoms with Crippen LogP contribution in [0.2, 0.25) is 0 Å². The normalized spacial score (nSPS) is 9.10. The molecule has 50 valence electrons. The van der Waals surface area contributed by atoms with Crippen LogP contribution in [0.3, 0.4) is 0 Å². The molecule has 4 heteroatoms. The molecule has 0 amide bonds. The van der Waals surface area contributed by atoms with E-state index in [-0.39, 0.29) is 11.6 Å². The summed E-state index contributed by atoms with van der Waals surface area (Å²) in [5.41, 5.74) is 0. The molecule has 0 unspecified atom stereocenters. The summed E-state index contributed by atoms with van der Waals surface area (Å²) in [5, 5.41) is 0. The van der Waals surface area contributed by atoms with E-state index in [1.165, 1.54) is 6.07 Å². The van der Waals surface area contributed by atoms with Crippen molar-refractivity contribution in [3.8, 4) is 0 Å². The molecule has 0 aromatic heterocycles. The van der Waals surface area contributed by atoms with Gasteiger partial charge in [0.05, 0.1) is 5.82 Å². The molecule has 0 N–H and O–H groups in total. The van der Waals surface area contributed by atoms with E-state index in [0.29, 0.717) is 3.69 Å². The maximum absolute atomic E-state index is 12.6. The molecule has 0 fully saturated rings. The van der Waals surface area contributed by atoms with Crippen molar-refractivity contribution in [1.82, 2.24) is 0 Å². The lowest BCUT2D eigenvalue weighted by Gasteiger charge is -1.96. The Morgan fingerprint density at radius 3 is 2.50 bits per heavy atom. The SMILES string of the molecule is Fc1ccc(F)[c]([Mg][Br])c1. The van der Waals surface area contributed by atoms with Crippen molar-refractivity contribution in [3.05, 3.63) is 29.8 Å². The van der Waals surface area contributed by atoms with Crippen LogP contribution in [0.1, 0.15) is 0 Å². The number of hydrogen-bond acceptors (Lipinski definition) is 0. The number of hydrogen-bond donors (Lipinski definition) is 0. The summed E-state index contributed by atoms with van der Waals surface area (Å²) < 4.78 is 25.5. The van der Waals surface area contributed by atoms with Crippen molar-refractivity contribution in [2.24, 2.45) is 0 Å². The highest BCUT2D eigenvalue weighted by molar-refractivity contribution is 9.23. The van der Waals surface area contributed by atoms with E-state index >= 15 is 0 Å². The van der Waals surface area contributed by atoms with E-state index in [1.807, 2.05) is 0 Å². The highest BCUT2D eigenvalue weighted by Crippen LogP contribution is 1.98. The van der Waals surface area contributed by atoms with E-state index in [2.05, 4.69) is 12.9 Å². The van der Waals surface area contributed by atoms with Crippen LogP contribution in [-0.2, 0) is 0 Å². The van der Waals surface area contributed by atoms with Gasteiger partial charge in [-0.3, -0.25) is 12.9 Å². The first-order valence-electron chi connectivity index (χ1n) is 2.74. The standard InChI is InChI=1S/C6H3F2.BrH.Mg/c7-5-1-2-6(8)4-3-5;;/h1-3H;1H;/q;;+1/p-1. The fourth-order valence-corrected chi connectivity index (χ4v) is 2.45. The average molecular weight is 217 g/mol. The lowest BCUT2D eigenvalue weighted by Crippen LogP contribution is -2.13. The van der Waals surface area contributed by atoms with Gasteiger partial charge in [-0.15, -0.1) is 3.69 Å². The Morgan fingerprint density at radius 1 is 1.30 bits per heavy atom. The minimum atomic E-state index is -0.762. The third-order valence-electron chi connectivity index (χ3n) is 1.15. The summed E-state index contributed by atoms with van der Waals surface area (Å²) in [6.45, 7) is 0. The molecule has 0 spiro atoms. The van der Waals surface area contributed by atoms with Gasteiger partial charge in [0.1, 0.15) is 5.82 Å². The maximum Gasteiger partial charge on any atom is 0.511 e. The lowest BCUT2D eigenvalue weighted by molar-refractivity contribution is 0.607. The third-order valence-corrected chi connectivity index (χ3v) is 3.79. The molecule has 0 aliphatic rings. The highest BCUT2D eigenvalue weighted by atomic mass is 79.9. The van der Waals surface area contributed by atoms with Gasteiger partial charge in [-0.05, 0) is 18.2 Å². The van der Waals surface area contributed by atoms with Crippen LogP contribution < -0.4 is 3.69 Å². The van der Waals surface area contributed by atoms with Crippen molar-refractivity contribution in [3.63, 3.8) is 0 Å². The zero-order valence-corrected chi connectivity index (χ0v) is 8.07. The van der Waals surface area contributed by atoms with Crippen LogP contribution in [0.15, 0.2) is 18.2 Å². The van der Waals surface area contributed by atoms with E-state index in [0.717, 1.165) is 12.1 Å². The van der Waals surface area contributed by atoms with Gasteiger partial charge in [-0.1, -0.05) is 0 Å². The van der Waals surface area contributed by atoms with Crippen LogP contribution in [0, 0.1) is 11.6 Å². The van der Waals surface area contributed by atoms with Crippen molar-refractivity contribution in [1.29, 1.82) is 0 Å². The van der Waals surface area contributed by atoms with Gasteiger partial charge in [0, 0.05) is 0 Å². The molecule has 0 aliphatic carbocycles. The summed E-state index contributed by atoms with van der Waals surface area (Å²) in [6, 6.07) is 3.51. The van der Waals surface area contributed by atoms with Crippen LogP contribution in [0.4, 0.5) is 8.78 Å². The lowest BCUT2D eigenvalue weighted by atomic mass is 10.3. The Bertz CT molecular complexity index is 239. The number of halogens is 3. The fraction of sp³-hybridized carbons (Fsp3) is 0. The minimum absolute atomic E-state index is 0.315. The number of benzene rings is 1. The second-order valence-electron chi connectivity index (χ2n) is 1.87. The molecule has 1 rings (SSSR count). The monoisotopic (exact) mass is 216 g/mol. The topological polar surface area (TPSA) is 0 Å². The first-order valence-corrected chi connectivity index (χ1v) is 7.34. The molecule has 1 aromatic carbocycles. The third kappa shape index (κ3) is 1.90. The average Bonchev–Trinajstić information content (AvgIpc) is 1.94. The van der Waals surface area contributed by atoms with Crippen molar-refractivity contribution >= 4 is 34.8 Å². The molecular formula is C6H3BrF2Mg. The molecule has 10 heavy (non-hydrogen) atoms. The Labute approximate surface area is 73.2 Å². The number of rotatable bonds is 1. The van der Waals surface area contributed by atoms with Crippen molar-refractivity contribution in [2.75, 3.05) is 0 Å². The van der Waals surface area contributed by atoms with Crippen LogP contribution in [-0.4, -0.2) is 18.2 Å². The Hall–Kier alpha value is 0.326. The summed E-state index contributed by atoms with van der Waals surface area (Å²) >= 11 is 2.41. The predicted molar refractivity (Wildman–Crippen MR) is 40.7 cm³/mol. The van der Waals surface area contributed by atoms with Gasteiger partial charge < -0.3 is 0 Å².